The molecule has 18 heavy (non-hydrogen) atoms. The molecular formula is C13H17NO4. The Labute approximate surface area is 106 Å². The average Bonchev–Trinajstić information content (AvgIpc) is 2.38. The van der Waals surface area contributed by atoms with Crippen LogP contribution >= 0.6 is 0 Å². The number of para-hydroxylation sites is 1. The molecule has 1 fully saturated rings. The van der Waals surface area contributed by atoms with Crippen LogP contribution in [0, 0.1) is 10.1 Å². The van der Waals surface area contributed by atoms with Crippen LogP contribution in [0.2, 0.25) is 0 Å². The lowest BCUT2D eigenvalue weighted by Crippen LogP contribution is -2.24. The minimum absolute atomic E-state index is 0.105. The van der Waals surface area contributed by atoms with E-state index in [1.807, 2.05) is 0 Å². The Morgan fingerprint density at radius 3 is 2.61 bits per heavy atom. The third-order valence-electron chi connectivity index (χ3n) is 3.31. The number of rotatable bonds is 4. The number of aliphatic hydroxyl groups excluding tert-OH is 1. The number of aliphatic hydroxyl groups is 1. The second-order valence-corrected chi connectivity index (χ2v) is 4.63. The van der Waals surface area contributed by atoms with Crippen LogP contribution in [0.1, 0.15) is 31.2 Å². The van der Waals surface area contributed by atoms with E-state index in [0.717, 1.165) is 25.7 Å². The SMILES string of the molecule is O=[N+]([O-])c1ccccc1COC1CCC(O)CC1. The van der Waals surface area contributed by atoms with Crippen molar-refractivity contribution in [2.24, 2.45) is 0 Å². The first-order chi connectivity index (χ1) is 8.66. The van der Waals surface area contributed by atoms with Crippen LogP contribution in [0.4, 0.5) is 5.69 Å². The van der Waals surface area contributed by atoms with E-state index in [2.05, 4.69) is 0 Å². The Bertz CT molecular complexity index is 413. The van der Waals surface area contributed by atoms with E-state index in [-0.39, 0.29) is 29.4 Å². The zero-order chi connectivity index (χ0) is 13.0. The lowest BCUT2D eigenvalue weighted by molar-refractivity contribution is -0.386. The van der Waals surface area contributed by atoms with Gasteiger partial charge in [-0.3, -0.25) is 10.1 Å². The summed E-state index contributed by atoms with van der Waals surface area (Å²) in [5.41, 5.74) is 0.710. The largest absolute Gasteiger partial charge is 0.393 e. The predicted molar refractivity (Wildman–Crippen MR) is 66.1 cm³/mol. The van der Waals surface area contributed by atoms with E-state index < -0.39 is 0 Å². The fourth-order valence-corrected chi connectivity index (χ4v) is 2.23. The molecule has 2 rings (SSSR count). The fraction of sp³-hybridized carbons (Fsp3) is 0.538. The maximum Gasteiger partial charge on any atom is 0.274 e. The summed E-state index contributed by atoms with van der Waals surface area (Å²) in [5.74, 6) is 0. The van der Waals surface area contributed by atoms with Gasteiger partial charge in [0.25, 0.3) is 5.69 Å². The molecule has 1 N–H and O–H groups in total. The summed E-state index contributed by atoms with van der Waals surface area (Å²) in [6, 6.07) is 6.63. The minimum atomic E-state index is -0.386. The van der Waals surface area contributed by atoms with Crippen LogP contribution in [-0.2, 0) is 11.3 Å². The second-order valence-electron chi connectivity index (χ2n) is 4.63. The highest BCUT2D eigenvalue weighted by Crippen LogP contribution is 2.24. The molecule has 5 nitrogen and oxygen atoms in total. The summed E-state index contributed by atoms with van der Waals surface area (Å²) < 4.78 is 5.69. The van der Waals surface area contributed by atoms with Gasteiger partial charge in [0.2, 0.25) is 0 Å². The first kappa shape index (κ1) is 13.0. The summed E-state index contributed by atoms with van der Waals surface area (Å²) in [5, 5.41) is 20.2. The maximum atomic E-state index is 10.8. The normalized spacial score (nSPS) is 23.8. The minimum Gasteiger partial charge on any atom is -0.393 e. The van der Waals surface area contributed by atoms with Crippen molar-refractivity contribution in [1.82, 2.24) is 0 Å². The molecule has 0 saturated heterocycles. The number of hydrogen-bond acceptors (Lipinski definition) is 4. The van der Waals surface area contributed by atoms with E-state index in [1.165, 1.54) is 6.07 Å². The summed E-state index contributed by atoms with van der Waals surface area (Å²) in [7, 11) is 0. The topological polar surface area (TPSA) is 72.6 Å². The Morgan fingerprint density at radius 1 is 1.28 bits per heavy atom. The number of benzene rings is 1. The van der Waals surface area contributed by atoms with Gasteiger partial charge in [-0.15, -0.1) is 0 Å². The van der Waals surface area contributed by atoms with Crippen molar-refractivity contribution < 1.29 is 14.8 Å². The van der Waals surface area contributed by atoms with E-state index in [1.54, 1.807) is 18.2 Å². The number of ether oxygens (including phenoxy) is 1. The third kappa shape index (κ3) is 3.27. The molecule has 0 unspecified atom stereocenters. The molecule has 1 aromatic rings. The molecule has 0 radical (unpaired) electrons. The number of nitrogens with zero attached hydrogens (tertiary/aromatic N) is 1. The van der Waals surface area contributed by atoms with Gasteiger partial charge in [0, 0.05) is 6.07 Å². The Kier molecular flexibility index (Phi) is 4.28. The van der Waals surface area contributed by atoms with Gasteiger partial charge in [0.05, 0.1) is 29.3 Å². The van der Waals surface area contributed by atoms with E-state index >= 15 is 0 Å². The lowest BCUT2D eigenvalue weighted by atomic mass is 9.95. The maximum absolute atomic E-state index is 10.8. The lowest BCUT2D eigenvalue weighted by Gasteiger charge is -2.25. The molecule has 0 bridgehead atoms. The van der Waals surface area contributed by atoms with Gasteiger partial charge < -0.3 is 9.84 Å². The van der Waals surface area contributed by atoms with Gasteiger partial charge in [-0.1, -0.05) is 12.1 Å². The Hall–Kier alpha value is -1.46. The van der Waals surface area contributed by atoms with Gasteiger partial charge >= 0.3 is 0 Å². The van der Waals surface area contributed by atoms with Crippen LogP contribution in [-0.4, -0.2) is 22.2 Å². The molecule has 0 atom stereocenters. The van der Waals surface area contributed by atoms with Crippen molar-refractivity contribution in [3.05, 3.63) is 39.9 Å². The second kappa shape index (κ2) is 5.93. The summed E-state index contributed by atoms with van der Waals surface area (Å²) in [6.45, 7) is 0.262. The average molecular weight is 251 g/mol. The van der Waals surface area contributed by atoms with Crippen molar-refractivity contribution in [1.29, 1.82) is 0 Å². The predicted octanol–water partition coefficient (Wildman–Crippen LogP) is 2.41. The summed E-state index contributed by atoms with van der Waals surface area (Å²) in [4.78, 5) is 10.4. The van der Waals surface area contributed by atoms with Gasteiger partial charge in [0.1, 0.15) is 0 Å². The highest BCUT2D eigenvalue weighted by atomic mass is 16.6. The molecule has 0 heterocycles. The van der Waals surface area contributed by atoms with Gasteiger partial charge in [0.15, 0.2) is 0 Å². The van der Waals surface area contributed by atoms with Crippen LogP contribution in [0.15, 0.2) is 24.3 Å². The van der Waals surface area contributed by atoms with Crippen LogP contribution in [0.5, 0.6) is 0 Å². The number of nitro groups is 1. The molecule has 1 saturated carbocycles. The number of hydrogen-bond donors (Lipinski definition) is 1. The monoisotopic (exact) mass is 251 g/mol. The molecule has 5 heteroatoms. The summed E-state index contributed by atoms with van der Waals surface area (Å²) >= 11 is 0. The first-order valence-corrected chi connectivity index (χ1v) is 6.19. The van der Waals surface area contributed by atoms with Crippen molar-refractivity contribution in [2.75, 3.05) is 0 Å². The van der Waals surface area contributed by atoms with Gasteiger partial charge in [-0.05, 0) is 31.7 Å². The molecule has 1 aromatic carbocycles. The highest BCUT2D eigenvalue weighted by molar-refractivity contribution is 5.39. The molecule has 0 aromatic heterocycles. The van der Waals surface area contributed by atoms with Crippen LogP contribution < -0.4 is 0 Å². The highest BCUT2D eigenvalue weighted by Gasteiger charge is 2.21. The molecule has 1 aliphatic carbocycles. The van der Waals surface area contributed by atoms with Gasteiger partial charge in [-0.25, -0.2) is 0 Å². The standard InChI is InChI=1S/C13H17NO4/c15-11-5-7-12(8-6-11)18-9-10-3-1-2-4-13(10)14(16)17/h1-4,11-12,15H,5-9H2. The molecular weight excluding hydrogens is 234 g/mol. The van der Waals surface area contributed by atoms with E-state index in [4.69, 9.17) is 4.74 Å². The number of nitro benzene ring substituents is 1. The molecule has 0 spiro atoms. The van der Waals surface area contributed by atoms with Crippen molar-refractivity contribution in [3.63, 3.8) is 0 Å². The summed E-state index contributed by atoms with van der Waals surface area (Å²) in [6.07, 6.45) is 3.04. The van der Waals surface area contributed by atoms with Gasteiger partial charge in [-0.2, -0.15) is 0 Å². The molecule has 0 amide bonds. The Morgan fingerprint density at radius 2 is 1.94 bits per heavy atom. The zero-order valence-corrected chi connectivity index (χ0v) is 10.1. The molecule has 0 aliphatic heterocycles. The van der Waals surface area contributed by atoms with Crippen molar-refractivity contribution >= 4 is 5.69 Å². The molecule has 1 aliphatic rings. The zero-order valence-electron chi connectivity index (χ0n) is 10.1. The molecule has 98 valence electrons. The third-order valence-corrected chi connectivity index (χ3v) is 3.31. The van der Waals surface area contributed by atoms with Crippen molar-refractivity contribution in [3.8, 4) is 0 Å². The van der Waals surface area contributed by atoms with Crippen molar-refractivity contribution in [2.45, 2.75) is 44.5 Å². The van der Waals surface area contributed by atoms with Crippen LogP contribution in [0.25, 0.3) is 0 Å². The van der Waals surface area contributed by atoms with E-state index in [0.29, 0.717) is 5.56 Å². The first-order valence-electron chi connectivity index (χ1n) is 6.19. The van der Waals surface area contributed by atoms with Crippen LogP contribution in [0.3, 0.4) is 0 Å². The quantitative estimate of drug-likeness (QED) is 0.658. The fourth-order valence-electron chi connectivity index (χ4n) is 2.23. The van der Waals surface area contributed by atoms with E-state index in [9.17, 15) is 15.2 Å². The Balaban J connectivity index is 1.92. The smallest absolute Gasteiger partial charge is 0.274 e.